The van der Waals surface area contributed by atoms with Gasteiger partial charge in [-0.05, 0) is 30.2 Å². The van der Waals surface area contributed by atoms with Crippen molar-refractivity contribution in [1.82, 2.24) is 4.90 Å². The van der Waals surface area contributed by atoms with Gasteiger partial charge in [0.05, 0.1) is 19.0 Å². The maximum atomic E-state index is 11.9. The lowest BCUT2D eigenvalue weighted by atomic mass is 10.1. The van der Waals surface area contributed by atoms with Crippen molar-refractivity contribution in [3.05, 3.63) is 23.8 Å². The Labute approximate surface area is 120 Å². The van der Waals surface area contributed by atoms with Crippen molar-refractivity contribution < 1.29 is 4.79 Å². The standard InChI is InChI=1S/C15H22N4O/c1-4-9-19(11-15(20)18(2)3)13-5-6-14(17)12(10-13)7-8-16/h5-6,10H,4,7,9,11,17H2,1-3H3. The lowest BCUT2D eigenvalue weighted by Gasteiger charge is -2.26. The van der Waals surface area contributed by atoms with E-state index in [0.29, 0.717) is 12.2 Å². The molecular formula is C15H22N4O. The number of carbonyl (C=O) groups is 1. The molecule has 0 bridgehead atoms. The summed E-state index contributed by atoms with van der Waals surface area (Å²) in [5.41, 5.74) is 8.21. The minimum Gasteiger partial charge on any atom is -0.398 e. The van der Waals surface area contributed by atoms with Crippen molar-refractivity contribution in [3.8, 4) is 6.07 Å². The maximum absolute atomic E-state index is 11.9. The number of likely N-dealkylation sites (N-methyl/N-ethyl adjacent to an activating group) is 1. The van der Waals surface area contributed by atoms with E-state index in [1.807, 2.05) is 17.0 Å². The van der Waals surface area contributed by atoms with Gasteiger partial charge in [0.1, 0.15) is 0 Å². The third-order valence-electron chi connectivity index (χ3n) is 3.08. The highest BCUT2D eigenvalue weighted by Crippen LogP contribution is 2.22. The van der Waals surface area contributed by atoms with Crippen LogP contribution in [-0.2, 0) is 11.2 Å². The summed E-state index contributed by atoms with van der Waals surface area (Å²) in [7, 11) is 3.49. The second-order valence-corrected chi connectivity index (χ2v) is 4.93. The predicted molar refractivity (Wildman–Crippen MR) is 81.4 cm³/mol. The molecule has 0 radical (unpaired) electrons. The summed E-state index contributed by atoms with van der Waals surface area (Å²) >= 11 is 0. The van der Waals surface area contributed by atoms with Gasteiger partial charge in [0.15, 0.2) is 0 Å². The normalized spacial score (nSPS) is 9.90. The topological polar surface area (TPSA) is 73.4 Å². The molecule has 0 aromatic heterocycles. The molecule has 20 heavy (non-hydrogen) atoms. The number of hydrogen-bond donors (Lipinski definition) is 1. The second-order valence-electron chi connectivity index (χ2n) is 4.93. The van der Waals surface area contributed by atoms with E-state index in [9.17, 15) is 4.79 Å². The zero-order valence-corrected chi connectivity index (χ0v) is 12.4. The Kier molecular flexibility index (Phi) is 5.85. The molecule has 1 rings (SSSR count). The maximum Gasteiger partial charge on any atom is 0.241 e. The summed E-state index contributed by atoms with van der Waals surface area (Å²) in [5.74, 6) is 0.0529. The molecule has 0 unspecified atom stereocenters. The van der Waals surface area contributed by atoms with Crippen LogP contribution < -0.4 is 10.6 Å². The fourth-order valence-electron chi connectivity index (χ4n) is 1.90. The fraction of sp³-hybridized carbons (Fsp3) is 0.467. The highest BCUT2D eigenvalue weighted by Gasteiger charge is 2.13. The van der Waals surface area contributed by atoms with Gasteiger partial charge in [-0.3, -0.25) is 4.79 Å². The Balaban J connectivity index is 2.99. The summed E-state index contributed by atoms with van der Waals surface area (Å²) in [6, 6.07) is 7.70. The minimum atomic E-state index is 0.0529. The molecule has 0 spiro atoms. The monoisotopic (exact) mass is 274 g/mol. The van der Waals surface area contributed by atoms with Crippen molar-refractivity contribution in [2.45, 2.75) is 19.8 Å². The second kappa shape index (κ2) is 7.39. The average molecular weight is 274 g/mol. The molecule has 5 nitrogen and oxygen atoms in total. The molecule has 108 valence electrons. The summed E-state index contributed by atoms with van der Waals surface area (Å²) in [5, 5.41) is 8.82. The largest absolute Gasteiger partial charge is 0.398 e. The van der Waals surface area contributed by atoms with Crippen LogP contribution in [0.4, 0.5) is 11.4 Å². The lowest BCUT2D eigenvalue weighted by Crippen LogP contribution is -2.37. The predicted octanol–water partition coefficient (Wildman–Crippen LogP) is 1.64. The molecule has 5 heteroatoms. The first-order valence-corrected chi connectivity index (χ1v) is 6.70. The number of nitrogens with zero attached hydrogens (tertiary/aromatic N) is 3. The first-order valence-electron chi connectivity index (χ1n) is 6.70. The van der Waals surface area contributed by atoms with E-state index in [1.165, 1.54) is 0 Å². The number of rotatable bonds is 6. The van der Waals surface area contributed by atoms with Gasteiger partial charge in [0.25, 0.3) is 0 Å². The van der Waals surface area contributed by atoms with Gasteiger partial charge < -0.3 is 15.5 Å². The molecule has 0 saturated carbocycles. The minimum absolute atomic E-state index is 0.0529. The van der Waals surface area contributed by atoms with E-state index in [4.69, 9.17) is 11.0 Å². The Bertz CT molecular complexity index is 505. The molecule has 1 aromatic rings. The molecule has 0 atom stereocenters. The third-order valence-corrected chi connectivity index (χ3v) is 3.08. The van der Waals surface area contributed by atoms with Crippen molar-refractivity contribution >= 4 is 17.3 Å². The fourth-order valence-corrected chi connectivity index (χ4v) is 1.90. The number of nitrogen functional groups attached to an aromatic ring is 1. The number of hydrogen-bond acceptors (Lipinski definition) is 4. The number of nitrogens with two attached hydrogens (primary N) is 1. The molecule has 0 aliphatic heterocycles. The van der Waals surface area contributed by atoms with E-state index in [-0.39, 0.29) is 12.3 Å². The Morgan fingerprint density at radius 1 is 1.40 bits per heavy atom. The van der Waals surface area contributed by atoms with Gasteiger partial charge in [-0.15, -0.1) is 0 Å². The van der Waals surface area contributed by atoms with Crippen LogP contribution in [0.15, 0.2) is 18.2 Å². The Morgan fingerprint density at radius 3 is 2.65 bits per heavy atom. The number of amides is 1. The van der Waals surface area contributed by atoms with Gasteiger partial charge in [-0.1, -0.05) is 6.92 Å². The number of anilines is 2. The quantitative estimate of drug-likeness (QED) is 0.800. The third kappa shape index (κ3) is 4.16. The number of nitriles is 1. The highest BCUT2D eigenvalue weighted by atomic mass is 16.2. The number of carbonyl (C=O) groups excluding carboxylic acids is 1. The van der Waals surface area contributed by atoms with Crippen molar-refractivity contribution in [1.29, 1.82) is 5.26 Å². The van der Waals surface area contributed by atoms with Crippen LogP contribution in [0.1, 0.15) is 18.9 Å². The van der Waals surface area contributed by atoms with E-state index in [0.717, 1.165) is 24.2 Å². The van der Waals surface area contributed by atoms with Crippen LogP contribution in [-0.4, -0.2) is 38.0 Å². The van der Waals surface area contributed by atoms with E-state index < -0.39 is 0 Å². The van der Waals surface area contributed by atoms with Gasteiger partial charge in [-0.2, -0.15) is 5.26 Å². The molecule has 0 fully saturated rings. The van der Waals surface area contributed by atoms with Crippen LogP contribution in [0.3, 0.4) is 0 Å². The Morgan fingerprint density at radius 2 is 2.10 bits per heavy atom. The summed E-state index contributed by atoms with van der Waals surface area (Å²) in [6.07, 6.45) is 1.22. The zero-order chi connectivity index (χ0) is 15.1. The van der Waals surface area contributed by atoms with E-state index in [1.54, 1.807) is 25.1 Å². The van der Waals surface area contributed by atoms with Crippen molar-refractivity contribution in [2.24, 2.45) is 0 Å². The van der Waals surface area contributed by atoms with Crippen LogP contribution in [0, 0.1) is 11.3 Å². The van der Waals surface area contributed by atoms with Gasteiger partial charge in [0, 0.05) is 32.0 Å². The molecule has 0 aliphatic rings. The molecular weight excluding hydrogens is 252 g/mol. The zero-order valence-electron chi connectivity index (χ0n) is 12.4. The first kappa shape index (κ1) is 15.8. The molecule has 1 aromatic carbocycles. The van der Waals surface area contributed by atoms with Crippen LogP contribution in [0.5, 0.6) is 0 Å². The molecule has 2 N–H and O–H groups in total. The summed E-state index contributed by atoms with van der Waals surface area (Å²) in [6.45, 7) is 3.19. The SMILES string of the molecule is CCCN(CC(=O)N(C)C)c1ccc(N)c(CC#N)c1. The molecule has 0 saturated heterocycles. The summed E-state index contributed by atoms with van der Waals surface area (Å²) in [4.78, 5) is 15.5. The van der Waals surface area contributed by atoms with Gasteiger partial charge in [0.2, 0.25) is 5.91 Å². The van der Waals surface area contributed by atoms with Crippen LogP contribution >= 0.6 is 0 Å². The van der Waals surface area contributed by atoms with Crippen molar-refractivity contribution in [2.75, 3.05) is 37.8 Å². The lowest BCUT2D eigenvalue weighted by molar-refractivity contribution is -0.127. The number of benzene rings is 1. The van der Waals surface area contributed by atoms with Crippen LogP contribution in [0.25, 0.3) is 0 Å². The van der Waals surface area contributed by atoms with E-state index in [2.05, 4.69) is 13.0 Å². The smallest absolute Gasteiger partial charge is 0.241 e. The van der Waals surface area contributed by atoms with Gasteiger partial charge in [-0.25, -0.2) is 0 Å². The first-order chi connectivity index (χ1) is 9.49. The molecule has 0 aliphatic carbocycles. The molecule has 1 amide bonds. The highest BCUT2D eigenvalue weighted by molar-refractivity contribution is 5.81. The molecule has 0 heterocycles. The average Bonchev–Trinajstić information content (AvgIpc) is 2.41. The van der Waals surface area contributed by atoms with Gasteiger partial charge >= 0.3 is 0 Å². The van der Waals surface area contributed by atoms with Crippen LogP contribution in [0.2, 0.25) is 0 Å². The van der Waals surface area contributed by atoms with E-state index >= 15 is 0 Å². The summed E-state index contributed by atoms with van der Waals surface area (Å²) < 4.78 is 0. The Hall–Kier alpha value is -2.22. The van der Waals surface area contributed by atoms with Crippen molar-refractivity contribution in [3.63, 3.8) is 0 Å².